The van der Waals surface area contributed by atoms with E-state index in [0.717, 1.165) is 20.6 Å². The number of hydrogen-bond donors (Lipinski definition) is 1. The normalized spacial score (nSPS) is 13.5. The van der Waals surface area contributed by atoms with Crippen molar-refractivity contribution in [2.45, 2.75) is 18.6 Å². The average molecular weight is 397 g/mol. The summed E-state index contributed by atoms with van der Waals surface area (Å²) in [6.07, 6.45) is -3.91. The van der Waals surface area contributed by atoms with Crippen LogP contribution in [0.3, 0.4) is 0 Å². The second-order valence-electron chi connectivity index (χ2n) is 4.19. The molecule has 0 fully saturated rings. The first-order valence-corrected chi connectivity index (χ1v) is 7.48. The molecule has 19 heavy (non-hydrogen) atoms. The summed E-state index contributed by atoms with van der Waals surface area (Å²) >= 11 is 3.77. The topological polar surface area (TPSA) is 26.0 Å². The van der Waals surface area contributed by atoms with Crippen molar-refractivity contribution in [2.24, 2.45) is 5.73 Å². The van der Waals surface area contributed by atoms with Crippen LogP contribution in [0.2, 0.25) is 0 Å². The lowest BCUT2D eigenvalue weighted by atomic mass is 10.0. The Bertz CT molecular complexity index is 565. The second kappa shape index (κ2) is 5.80. The van der Waals surface area contributed by atoms with E-state index in [0.29, 0.717) is 12.0 Å². The highest BCUT2D eigenvalue weighted by Crippen LogP contribution is 2.30. The fourth-order valence-corrected chi connectivity index (χ4v) is 3.20. The zero-order chi connectivity index (χ0) is 14.0. The Morgan fingerprint density at radius 1 is 1.26 bits per heavy atom. The minimum absolute atomic E-state index is 0.275. The molecule has 0 aliphatic carbocycles. The first-order chi connectivity index (χ1) is 8.86. The summed E-state index contributed by atoms with van der Waals surface area (Å²) in [5, 5.41) is 1.94. The van der Waals surface area contributed by atoms with Crippen LogP contribution < -0.4 is 5.73 Å². The molecule has 1 aromatic carbocycles. The van der Waals surface area contributed by atoms with Gasteiger partial charge in [0, 0.05) is 6.04 Å². The number of nitrogens with two attached hydrogens (primary N) is 1. The highest BCUT2D eigenvalue weighted by Gasteiger charge is 2.30. The molecule has 0 aliphatic rings. The number of alkyl halides is 3. The standard InChI is InChI=1S/C13H11F3INS/c14-13(15,16)10-3-1-2-8(4-10)5-11(18)9-6-12(17)19-7-9/h1-4,6-7,11H,5,18H2. The molecule has 102 valence electrons. The number of benzene rings is 1. The first kappa shape index (κ1) is 14.8. The maximum absolute atomic E-state index is 12.6. The van der Waals surface area contributed by atoms with E-state index in [2.05, 4.69) is 22.6 Å². The van der Waals surface area contributed by atoms with E-state index in [1.54, 1.807) is 17.4 Å². The van der Waals surface area contributed by atoms with Crippen molar-refractivity contribution >= 4 is 33.9 Å². The molecule has 0 radical (unpaired) electrons. The van der Waals surface area contributed by atoms with Gasteiger partial charge < -0.3 is 5.73 Å². The summed E-state index contributed by atoms with van der Waals surface area (Å²) in [7, 11) is 0. The van der Waals surface area contributed by atoms with Crippen LogP contribution in [0.5, 0.6) is 0 Å². The summed E-state index contributed by atoms with van der Waals surface area (Å²) in [6.45, 7) is 0. The molecule has 2 N–H and O–H groups in total. The van der Waals surface area contributed by atoms with Crippen LogP contribution in [0.25, 0.3) is 0 Å². The third kappa shape index (κ3) is 3.93. The number of halogens is 4. The average Bonchev–Trinajstić information content (AvgIpc) is 2.75. The van der Waals surface area contributed by atoms with E-state index in [4.69, 9.17) is 5.73 Å². The van der Waals surface area contributed by atoms with Crippen LogP contribution in [-0.2, 0) is 12.6 Å². The summed E-state index contributed by atoms with van der Waals surface area (Å²) in [5.41, 5.74) is 6.96. The maximum Gasteiger partial charge on any atom is 0.416 e. The first-order valence-electron chi connectivity index (χ1n) is 5.52. The molecule has 1 nitrogen and oxygen atoms in total. The van der Waals surface area contributed by atoms with Crippen molar-refractivity contribution < 1.29 is 13.2 Å². The van der Waals surface area contributed by atoms with E-state index in [-0.39, 0.29) is 6.04 Å². The number of hydrogen-bond acceptors (Lipinski definition) is 2. The van der Waals surface area contributed by atoms with E-state index < -0.39 is 11.7 Å². The zero-order valence-corrected chi connectivity index (χ0v) is 12.7. The second-order valence-corrected chi connectivity index (χ2v) is 7.00. The van der Waals surface area contributed by atoms with Gasteiger partial charge in [-0.3, -0.25) is 0 Å². The summed E-state index contributed by atoms with van der Waals surface area (Å²) in [6, 6.07) is 7.01. The van der Waals surface area contributed by atoms with Gasteiger partial charge in [-0.1, -0.05) is 18.2 Å². The quantitative estimate of drug-likeness (QED) is 0.752. The van der Waals surface area contributed by atoms with E-state index in [9.17, 15) is 13.2 Å². The summed E-state index contributed by atoms with van der Waals surface area (Å²) < 4.78 is 38.9. The SMILES string of the molecule is NC(Cc1cccc(C(F)(F)F)c1)c1csc(I)c1. The van der Waals surface area contributed by atoms with Crippen molar-refractivity contribution in [1.29, 1.82) is 0 Å². The van der Waals surface area contributed by atoms with Crippen LogP contribution in [0.1, 0.15) is 22.7 Å². The molecule has 1 aromatic heterocycles. The maximum atomic E-state index is 12.6. The molecule has 0 bridgehead atoms. The van der Waals surface area contributed by atoms with Crippen LogP contribution in [-0.4, -0.2) is 0 Å². The zero-order valence-electron chi connectivity index (χ0n) is 9.75. The van der Waals surface area contributed by atoms with E-state index in [1.165, 1.54) is 6.07 Å². The molecule has 2 rings (SSSR count). The van der Waals surface area contributed by atoms with Crippen molar-refractivity contribution in [1.82, 2.24) is 0 Å². The van der Waals surface area contributed by atoms with Gasteiger partial charge in [0.15, 0.2) is 0 Å². The lowest BCUT2D eigenvalue weighted by Gasteiger charge is -2.12. The smallest absolute Gasteiger partial charge is 0.324 e. The third-order valence-corrected chi connectivity index (χ3v) is 4.53. The number of thiophene rings is 1. The lowest BCUT2D eigenvalue weighted by Crippen LogP contribution is -2.13. The van der Waals surface area contributed by atoms with E-state index >= 15 is 0 Å². The Labute approximate surface area is 126 Å². The molecule has 1 heterocycles. The van der Waals surface area contributed by atoms with Gasteiger partial charge in [0.25, 0.3) is 0 Å². The molecule has 1 unspecified atom stereocenters. The Morgan fingerprint density at radius 2 is 2.00 bits per heavy atom. The molecule has 2 aromatic rings. The van der Waals surface area contributed by atoms with Gasteiger partial charge in [0.2, 0.25) is 0 Å². The minimum atomic E-state index is -4.31. The van der Waals surface area contributed by atoms with Crippen LogP contribution >= 0.6 is 33.9 Å². The molecule has 1 atom stereocenters. The van der Waals surface area contributed by atoms with Crippen LogP contribution in [0, 0.1) is 2.88 Å². The molecular formula is C13H11F3INS. The molecule has 0 saturated carbocycles. The van der Waals surface area contributed by atoms with Gasteiger partial charge in [-0.05, 0) is 57.7 Å². The van der Waals surface area contributed by atoms with Crippen molar-refractivity contribution in [3.63, 3.8) is 0 Å². The largest absolute Gasteiger partial charge is 0.416 e. The molecule has 6 heteroatoms. The lowest BCUT2D eigenvalue weighted by molar-refractivity contribution is -0.137. The van der Waals surface area contributed by atoms with Crippen LogP contribution in [0.15, 0.2) is 35.7 Å². The number of rotatable bonds is 3. The minimum Gasteiger partial charge on any atom is -0.324 e. The van der Waals surface area contributed by atoms with Gasteiger partial charge in [-0.15, -0.1) is 11.3 Å². The monoisotopic (exact) mass is 397 g/mol. The Hall–Kier alpha value is -0.600. The van der Waals surface area contributed by atoms with E-state index in [1.807, 2.05) is 11.4 Å². The predicted molar refractivity (Wildman–Crippen MR) is 79.1 cm³/mol. The molecule has 0 amide bonds. The van der Waals surface area contributed by atoms with Gasteiger partial charge in [-0.25, -0.2) is 0 Å². The van der Waals surface area contributed by atoms with Gasteiger partial charge in [0.05, 0.1) is 8.45 Å². The Balaban J connectivity index is 2.15. The fourth-order valence-electron chi connectivity index (χ4n) is 1.76. The van der Waals surface area contributed by atoms with Gasteiger partial charge >= 0.3 is 6.18 Å². The Kier molecular flexibility index (Phi) is 4.52. The molecule has 0 spiro atoms. The summed E-state index contributed by atoms with van der Waals surface area (Å²) in [4.78, 5) is 0. The molecular weight excluding hydrogens is 386 g/mol. The summed E-state index contributed by atoms with van der Waals surface area (Å²) in [5.74, 6) is 0. The third-order valence-electron chi connectivity index (χ3n) is 2.73. The van der Waals surface area contributed by atoms with Gasteiger partial charge in [0.1, 0.15) is 0 Å². The molecule has 0 saturated heterocycles. The van der Waals surface area contributed by atoms with Gasteiger partial charge in [-0.2, -0.15) is 13.2 Å². The van der Waals surface area contributed by atoms with Crippen molar-refractivity contribution in [2.75, 3.05) is 0 Å². The predicted octanol–water partition coefficient (Wildman–Crippen LogP) is 4.61. The Morgan fingerprint density at radius 3 is 2.58 bits per heavy atom. The fraction of sp³-hybridized carbons (Fsp3) is 0.231. The molecule has 0 aliphatic heterocycles. The van der Waals surface area contributed by atoms with Crippen molar-refractivity contribution in [3.8, 4) is 0 Å². The van der Waals surface area contributed by atoms with Crippen LogP contribution in [0.4, 0.5) is 13.2 Å². The van der Waals surface area contributed by atoms with Crippen molar-refractivity contribution in [3.05, 3.63) is 55.3 Å². The highest BCUT2D eigenvalue weighted by atomic mass is 127. The highest BCUT2D eigenvalue weighted by molar-refractivity contribution is 14.1.